The Hall–Kier alpha value is -1.23. The number of rotatable bonds is 2. The molecule has 1 aromatic heterocycles. The van der Waals surface area contributed by atoms with Crippen molar-refractivity contribution in [3.63, 3.8) is 0 Å². The average Bonchev–Trinajstić information content (AvgIpc) is 2.91. The Balaban J connectivity index is 1.95. The van der Waals surface area contributed by atoms with Gasteiger partial charge in [0.1, 0.15) is 6.33 Å². The molecule has 2 bridgehead atoms. The number of aromatic nitrogens is 2. The number of ether oxygens (including phenoxy) is 1. The summed E-state index contributed by atoms with van der Waals surface area (Å²) >= 11 is 0. The van der Waals surface area contributed by atoms with Crippen LogP contribution in [0.1, 0.15) is 19.0 Å². The summed E-state index contributed by atoms with van der Waals surface area (Å²) in [6.45, 7) is 3.34. The molecule has 0 radical (unpaired) electrons. The van der Waals surface area contributed by atoms with Crippen LogP contribution >= 0.6 is 0 Å². The number of hydrogen-bond donors (Lipinski definition) is 0. The quantitative estimate of drug-likeness (QED) is 0.754. The monoisotopic (exact) mass is 223 g/mol. The van der Waals surface area contributed by atoms with Crippen LogP contribution in [0, 0.1) is 5.82 Å². The number of anilines is 1. The molecule has 0 aromatic carbocycles. The third-order valence-electron chi connectivity index (χ3n) is 3.35. The van der Waals surface area contributed by atoms with E-state index in [2.05, 4.69) is 9.97 Å². The third-order valence-corrected chi connectivity index (χ3v) is 3.35. The second-order valence-corrected chi connectivity index (χ2v) is 4.31. The fourth-order valence-electron chi connectivity index (χ4n) is 2.50. The molecule has 3 heterocycles. The Morgan fingerprint density at radius 2 is 2.44 bits per heavy atom. The van der Waals surface area contributed by atoms with Crippen LogP contribution in [0.3, 0.4) is 0 Å². The fraction of sp³-hybridized carbons (Fsp3) is 0.636. The molecule has 4 nitrogen and oxygen atoms in total. The van der Waals surface area contributed by atoms with Gasteiger partial charge in [-0.3, -0.25) is 0 Å². The molecule has 0 amide bonds. The molecular weight excluding hydrogens is 209 g/mol. The molecule has 86 valence electrons. The molecule has 2 fully saturated rings. The van der Waals surface area contributed by atoms with Crippen molar-refractivity contribution in [2.45, 2.75) is 31.9 Å². The highest BCUT2D eigenvalue weighted by molar-refractivity contribution is 5.44. The fourth-order valence-corrected chi connectivity index (χ4v) is 2.50. The minimum atomic E-state index is -0.266. The first kappa shape index (κ1) is 9.96. The summed E-state index contributed by atoms with van der Waals surface area (Å²) in [7, 11) is 0. The van der Waals surface area contributed by atoms with E-state index in [0.717, 1.165) is 13.0 Å². The first-order valence-electron chi connectivity index (χ1n) is 5.67. The first-order valence-corrected chi connectivity index (χ1v) is 5.67. The van der Waals surface area contributed by atoms with E-state index in [1.807, 2.05) is 11.8 Å². The van der Waals surface area contributed by atoms with Gasteiger partial charge in [-0.2, -0.15) is 0 Å². The van der Waals surface area contributed by atoms with Gasteiger partial charge in [0.2, 0.25) is 0 Å². The summed E-state index contributed by atoms with van der Waals surface area (Å²) in [5, 5.41) is 0. The second-order valence-electron chi connectivity index (χ2n) is 4.31. The lowest BCUT2D eigenvalue weighted by Crippen LogP contribution is -2.38. The summed E-state index contributed by atoms with van der Waals surface area (Å²) in [6, 6.07) is 0.291. The maximum absolute atomic E-state index is 14.0. The van der Waals surface area contributed by atoms with Gasteiger partial charge in [0, 0.05) is 6.54 Å². The Morgan fingerprint density at radius 3 is 3.06 bits per heavy atom. The van der Waals surface area contributed by atoms with E-state index in [4.69, 9.17) is 4.74 Å². The minimum Gasteiger partial charge on any atom is -0.374 e. The molecule has 5 heteroatoms. The van der Waals surface area contributed by atoms with Crippen molar-refractivity contribution >= 4 is 5.82 Å². The van der Waals surface area contributed by atoms with Crippen molar-refractivity contribution < 1.29 is 9.13 Å². The largest absolute Gasteiger partial charge is 0.374 e. The number of halogens is 1. The van der Waals surface area contributed by atoms with Gasteiger partial charge in [0.05, 0.1) is 24.4 Å². The minimum absolute atomic E-state index is 0.254. The molecule has 2 atom stereocenters. The van der Waals surface area contributed by atoms with E-state index in [9.17, 15) is 4.39 Å². The summed E-state index contributed by atoms with van der Waals surface area (Å²) < 4.78 is 19.5. The number of nitrogens with zero attached hydrogens (tertiary/aromatic N) is 3. The van der Waals surface area contributed by atoms with Gasteiger partial charge in [0.15, 0.2) is 11.6 Å². The van der Waals surface area contributed by atoms with Gasteiger partial charge < -0.3 is 9.64 Å². The highest BCUT2D eigenvalue weighted by Crippen LogP contribution is 2.32. The lowest BCUT2D eigenvalue weighted by molar-refractivity contribution is 0.0986. The molecule has 16 heavy (non-hydrogen) atoms. The van der Waals surface area contributed by atoms with Gasteiger partial charge in [-0.15, -0.1) is 0 Å². The standard InChI is InChI=1S/C11H14FN3O/c1-2-9-10(12)11(14-6-13-9)15-4-8-3-7(15)5-16-8/h6-8H,2-5H2,1H3/t7-,8+/m0/s1. The molecule has 0 N–H and O–H groups in total. The van der Waals surface area contributed by atoms with E-state index in [0.29, 0.717) is 30.6 Å². The maximum Gasteiger partial charge on any atom is 0.187 e. The molecule has 0 spiro atoms. The Bertz CT molecular complexity index is 412. The van der Waals surface area contributed by atoms with Crippen LogP contribution in [0.2, 0.25) is 0 Å². The van der Waals surface area contributed by atoms with Crippen molar-refractivity contribution in [1.29, 1.82) is 0 Å². The predicted molar refractivity (Wildman–Crippen MR) is 56.9 cm³/mol. The Kier molecular flexibility index (Phi) is 2.28. The van der Waals surface area contributed by atoms with Crippen molar-refractivity contribution in [2.75, 3.05) is 18.1 Å². The normalized spacial score (nSPS) is 27.8. The Morgan fingerprint density at radius 1 is 1.56 bits per heavy atom. The Labute approximate surface area is 93.5 Å². The molecule has 2 aliphatic rings. The van der Waals surface area contributed by atoms with Gasteiger partial charge >= 0.3 is 0 Å². The zero-order valence-electron chi connectivity index (χ0n) is 9.19. The molecule has 2 saturated heterocycles. The van der Waals surface area contributed by atoms with E-state index >= 15 is 0 Å². The van der Waals surface area contributed by atoms with Gasteiger partial charge in [-0.1, -0.05) is 6.92 Å². The van der Waals surface area contributed by atoms with E-state index in [1.165, 1.54) is 6.33 Å². The number of fused-ring (bicyclic) bond motifs is 2. The van der Waals surface area contributed by atoms with Crippen LogP contribution in [0.4, 0.5) is 10.2 Å². The lowest BCUT2D eigenvalue weighted by Gasteiger charge is -2.28. The zero-order chi connectivity index (χ0) is 11.1. The number of hydrogen-bond acceptors (Lipinski definition) is 4. The highest BCUT2D eigenvalue weighted by Gasteiger charge is 2.40. The van der Waals surface area contributed by atoms with Crippen LogP contribution in [0.5, 0.6) is 0 Å². The average molecular weight is 223 g/mol. The molecule has 0 unspecified atom stereocenters. The summed E-state index contributed by atoms with van der Waals surface area (Å²) in [6.07, 6.45) is 3.29. The molecular formula is C11H14FN3O. The molecule has 3 rings (SSSR count). The number of aryl methyl sites for hydroxylation is 1. The van der Waals surface area contributed by atoms with Crippen LogP contribution < -0.4 is 4.90 Å². The second kappa shape index (κ2) is 3.66. The third kappa shape index (κ3) is 1.38. The smallest absolute Gasteiger partial charge is 0.187 e. The van der Waals surface area contributed by atoms with E-state index in [-0.39, 0.29) is 11.9 Å². The van der Waals surface area contributed by atoms with Gasteiger partial charge in [-0.05, 0) is 12.8 Å². The number of morpholine rings is 1. The summed E-state index contributed by atoms with van der Waals surface area (Å²) in [4.78, 5) is 10.0. The van der Waals surface area contributed by atoms with Crippen LogP contribution in [-0.4, -0.2) is 35.3 Å². The van der Waals surface area contributed by atoms with Crippen molar-refractivity contribution in [3.8, 4) is 0 Å². The van der Waals surface area contributed by atoms with E-state index < -0.39 is 0 Å². The molecule has 2 aliphatic heterocycles. The molecule has 0 aliphatic carbocycles. The topological polar surface area (TPSA) is 38.2 Å². The van der Waals surface area contributed by atoms with Gasteiger partial charge in [-0.25, -0.2) is 14.4 Å². The lowest BCUT2D eigenvalue weighted by atomic mass is 10.2. The summed E-state index contributed by atoms with van der Waals surface area (Å²) in [5.74, 6) is 0.181. The van der Waals surface area contributed by atoms with E-state index in [1.54, 1.807) is 0 Å². The van der Waals surface area contributed by atoms with Crippen molar-refractivity contribution in [3.05, 3.63) is 17.8 Å². The molecule has 1 aromatic rings. The molecule has 0 saturated carbocycles. The van der Waals surface area contributed by atoms with Crippen LogP contribution in [0.15, 0.2) is 6.33 Å². The summed E-state index contributed by atoms with van der Waals surface area (Å²) in [5.41, 5.74) is 0.494. The predicted octanol–water partition coefficient (Wildman–Crippen LogP) is 1.16. The highest BCUT2D eigenvalue weighted by atomic mass is 19.1. The zero-order valence-corrected chi connectivity index (χ0v) is 9.19. The van der Waals surface area contributed by atoms with Crippen LogP contribution in [0.25, 0.3) is 0 Å². The van der Waals surface area contributed by atoms with Crippen molar-refractivity contribution in [1.82, 2.24) is 9.97 Å². The van der Waals surface area contributed by atoms with Gasteiger partial charge in [0.25, 0.3) is 0 Å². The SMILES string of the molecule is CCc1ncnc(N2C[C@H]3C[C@H]2CO3)c1F. The maximum atomic E-state index is 14.0. The first-order chi connectivity index (χ1) is 7.79. The van der Waals surface area contributed by atoms with Crippen LogP contribution in [-0.2, 0) is 11.2 Å². The van der Waals surface area contributed by atoms with Crippen molar-refractivity contribution in [2.24, 2.45) is 0 Å².